The molecule has 0 aliphatic carbocycles. The summed E-state index contributed by atoms with van der Waals surface area (Å²) in [6, 6.07) is 5.78. The molecule has 0 radical (unpaired) electrons. The van der Waals surface area contributed by atoms with E-state index in [4.69, 9.17) is 16.3 Å². The number of rotatable bonds is 1. The Kier molecular flexibility index (Phi) is 2.96. The predicted octanol–water partition coefficient (Wildman–Crippen LogP) is 2.68. The summed E-state index contributed by atoms with van der Waals surface area (Å²) in [4.78, 5) is 4.21. The molecule has 0 saturated carbocycles. The van der Waals surface area contributed by atoms with E-state index in [-0.39, 0.29) is 0 Å². The molecule has 2 rings (SSSR count). The number of halogens is 2. The second-order valence-corrected chi connectivity index (χ2v) is 4.70. The van der Waals surface area contributed by atoms with Gasteiger partial charge in [0.25, 0.3) is 0 Å². The molecule has 1 aromatic heterocycles. The first-order chi connectivity index (χ1) is 7.18. The van der Waals surface area contributed by atoms with Crippen molar-refractivity contribution in [1.82, 2.24) is 4.98 Å². The third-order valence-corrected chi connectivity index (χ3v) is 3.35. The molecule has 1 saturated heterocycles. The van der Waals surface area contributed by atoms with Gasteiger partial charge < -0.3 is 4.74 Å². The van der Waals surface area contributed by atoms with E-state index in [9.17, 15) is 5.26 Å². The van der Waals surface area contributed by atoms with Gasteiger partial charge in [-0.05, 0) is 34.5 Å². The lowest BCUT2D eigenvalue weighted by Gasteiger charge is -2.19. The molecule has 5 heteroatoms. The molecule has 0 bridgehead atoms. The molecule has 3 nitrogen and oxygen atoms in total. The largest absolute Gasteiger partial charge is 0.379 e. The number of nitriles is 1. The molecule has 0 spiro atoms. The van der Waals surface area contributed by atoms with Gasteiger partial charge in [-0.25, -0.2) is 4.98 Å². The summed E-state index contributed by atoms with van der Waals surface area (Å²) in [5, 5.41) is 9.65. The van der Waals surface area contributed by atoms with Crippen LogP contribution in [0.4, 0.5) is 0 Å². The van der Waals surface area contributed by atoms with Crippen molar-refractivity contribution in [3.8, 4) is 6.07 Å². The Bertz CT molecular complexity index is 424. The highest BCUT2D eigenvalue weighted by Gasteiger charge is 2.40. The lowest BCUT2D eigenvalue weighted by atomic mass is 9.85. The van der Waals surface area contributed by atoms with Gasteiger partial charge in [-0.1, -0.05) is 11.6 Å². The number of pyridine rings is 1. The average molecular weight is 288 g/mol. The Morgan fingerprint density at radius 3 is 3.00 bits per heavy atom. The Morgan fingerprint density at radius 2 is 2.40 bits per heavy atom. The zero-order valence-electron chi connectivity index (χ0n) is 7.83. The number of hydrogen-bond acceptors (Lipinski definition) is 3. The molecular weight excluding hydrogens is 279 g/mol. The van der Waals surface area contributed by atoms with Crippen LogP contribution >= 0.6 is 27.5 Å². The van der Waals surface area contributed by atoms with Gasteiger partial charge in [0.1, 0.15) is 10.6 Å². The molecule has 1 aliphatic heterocycles. The summed E-state index contributed by atoms with van der Waals surface area (Å²) in [6.07, 6.45) is 0.662. The number of nitrogens with zero attached hydrogens (tertiary/aromatic N) is 2. The SMILES string of the molecule is N#CC1(c2nc(Cl)ccc2Br)CCOC1. The zero-order valence-corrected chi connectivity index (χ0v) is 10.2. The molecule has 0 amide bonds. The maximum absolute atomic E-state index is 9.25. The first kappa shape index (κ1) is 10.9. The van der Waals surface area contributed by atoms with Crippen molar-refractivity contribution >= 4 is 27.5 Å². The van der Waals surface area contributed by atoms with Gasteiger partial charge in [-0.3, -0.25) is 0 Å². The number of ether oxygens (including phenoxy) is 1. The lowest BCUT2D eigenvalue weighted by molar-refractivity contribution is 0.185. The minimum atomic E-state index is -0.649. The zero-order chi connectivity index (χ0) is 10.9. The highest BCUT2D eigenvalue weighted by atomic mass is 79.9. The fraction of sp³-hybridized carbons (Fsp3) is 0.400. The minimum absolute atomic E-state index is 0.384. The normalized spacial score (nSPS) is 25.1. The minimum Gasteiger partial charge on any atom is -0.379 e. The van der Waals surface area contributed by atoms with Gasteiger partial charge in [0.2, 0.25) is 0 Å². The Labute approximate surface area is 101 Å². The van der Waals surface area contributed by atoms with Crippen LogP contribution in [0.1, 0.15) is 12.1 Å². The maximum atomic E-state index is 9.25. The molecule has 1 unspecified atom stereocenters. The van der Waals surface area contributed by atoms with Gasteiger partial charge in [0.05, 0.1) is 18.4 Å². The van der Waals surface area contributed by atoms with Crippen LogP contribution in [0.25, 0.3) is 0 Å². The van der Waals surface area contributed by atoms with Crippen molar-refractivity contribution < 1.29 is 4.74 Å². The summed E-state index contributed by atoms with van der Waals surface area (Å²) in [6.45, 7) is 0.976. The third-order valence-electron chi connectivity index (χ3n) is 2.50. The Morgan fingerprint density at radius 1 is 1.60 bits per heavy atom. The van der Waals surface area contributed by atoms with E-state index in [0.717, 1.165) is 4.47 Å². The Hall–Kier alpha value is -0.630. The summed E-state index contributed by atoms with van der Waals surface area (Å²) < 4.78 is 6.08. The van der Waals surface area contributed by atoms with Crippen LogP contribution in [0.5, 0.6) is 0 Å². The van der Waals surface area contributed by atoms with Crippen molar-refractivity contribution in [3.05, 3.63) is 27.5 Å². The maximum Gasteiger partial charge on any atom is 0.129 e. The van der Waals surface area contributed by atoms with Crippen LogP contribution in [-0.4, -0.2) is 18.2 Å². The molecule has 1 aromatic rings. The van der Waals surface area contributed by atoms with E-state index in [1.165, 1.54) is 0 Å². The second-order valence-electron chi connectivity index (χ2n) is 3.46. The van der Waals surface area contributed by atoms with Crippen LogP contribution in [0, 0.1) is 11.3 Å². The van der Waals surface area contributed by atoms with Crippen LogP contribution in [0.15, 0.2) is 16.6 Å². The second kappa shape index (κ2) is 4.09. The molecule has 1 atom stereocenters. The van der Waals surface area contributed by atoms with Crippen LogP contribution < -0.4 is 0 Å². The van der Waals surface area contributed by atoms with Crippen molar-refractivity contribution in [2.24, 2.45) is 0 Å². The Balaban J connectivity index is 2.52. The first-order valence-corrected chi connectivity index (χ1v) is 5.66. The topological polar surface area (TPSA) is 45.9 Å². The van der Waals surface area contributed by atoms with Gasteiger partial charge in [0, 0.05) is 11.1 Å². The van der Waals surface area contributed by atoms with Gasteiger partial charge >= 0.3 is 0 Å². The fourth-order valence-corrected chi connectivity index (χ4v) is 2.39. The molecule has 0 aromatic carbocycles. The summed E-state index contributed by atoms with van der Waals surface area (Å²) in [5.74, 6) is 0. The third kappa shape index (κ3) is 1.87. The van der Waals surface area contributed by atoms with E-state index >= 15 is 0 Å². The van der Waals surface area contributed by atoms with Crippen LogP contribution in [-0.2, 0) is 10.2 Å². The molecule has 78 valence electrons. The average Bonchev–Trinajstić information content (AvgIpc) is 2.71. The molecular formula is C10H8BrClN2O. The number of aromatic nitrogens is 1. The highest BCUT2D eigenvalue weighted by Crippen LogP contribution is 2.36. The molecule has 1 aliphatic rings. The summed E-state index contributed by atoms with van der Waals surface area (Å²) in [7, 11) is 0. The standard InChI is InChI=1S/C10H8BrClN2O/c11-7-1-2-8(12)14-9(7)10(5-13)3-4-15-6-10/h1-2H,3-4,6H2. The van der Waals surface area contributed by atoms with Crippen LogP contribution in [0.3, 0.4) is 0 Å². The first-order valence-electron chi connectivity index (χ1n) is 4.49. The number of hydrogen-bond donors (Lipinski definition) is 0. The van der Waals surface area contributed by atoms with E-state index in [0.29, 0.717) is 30.5 Å². The van der Waals surface area contributed by atoms with Gasteiger partial charge in [-0.2, -0.15) is 5.26 Å². The lowest BCUT2D eigenvalue weighted by Crippen LogP contribution is -2.26. The van der Waals surface area contributed by atoms with E-state index in [2.05, 4.69) is 27.0 Å². The molecule has 1 fully saturated rings. The molecule has 2 heterocycles. The van der Waals surface area contributed by atoms with Crippen molar-refractivity contribution in [3.63, 3.8) is 0 Å². The molecule has 0 N–H and O–H groups in total. The van der Waals surface area contributed by atoms with Crippen molar-refractivity contribution in [2.75, 3.05) is 13.2 Å². The van der Waals surface area contributed by atoms with Crippen molar-refractivity contribution in [1.29, 1.82) is 5.26 Å². The summed E-state index contributed by atoms with van der Waals surface area (Å²) >= 11 is 9.22. The van der Waals surface area contributed by atoms with E-state index in [1.54, 1.807) is 6.07 Å². The molecule has 15 heavy (non-hydrogen) atoms. The smallest absolute Gasteiger partial charge is 0.129 e. The fourth-order valence-electron chi connectivity index (χ4n) is 1.65. The quantitative estimate of drug-likeness (QED) is 0.746. The van der Waals surface area contributed by atoms with E-state index < -0.39 is 5.41 Å². The predicted molar refractivity (Wildman–Crippen MR) is 59.7 cm³/mol. The monoisotopic (exact) mass is 286 g/mol. The van der Waals surface area contributed by atoms with E-state index in [1.807, 2.05) is 6.07 Å². The van der Waals surface area contributed by atoms with Crippen LogP contribution in [0.2, 0.25) is 5.15 Å². The van der Waals surface area contributed by atoms with Gasteiger partial charge in [0.15, 0.2) is 0 Å². The summed E-state index contributed by atoms with van der Waals surface area (Å²) in [5.41, 5.74) is 0.0269. The van der Waals surface area contributed by atoms with Gasteiger partial charge in [-0.15, -0.1) is 0 Å². The van der Waals surface area contributed by atoms with Crippen molar-refractivity contribution in [2.45, 2.75) is 11.8 Å². The highest BCUT2D eigenvalue weighted by molar-refractivity contribution is 9.10.